The Morgan fingerprint density at radius 2 is 1.16 bits per heavy atom. The Kier molecular flexibility index (Phi) is 7.22. The molecule has 0 radical (unpaired) electrons. The number of thiophene rings is 2. The smallest absolute Gasteiger partial charge is 0.261 e. The molecule has 0 unspecified atom stereocenters. The molecule has 38 heavy (non-hydrogen) atoms. The second kappa shape index (κ2) is 10.4. The molecular formula is C28H22N4O4S2. The van der Waals surface area contributed by atoms with Crippen molar-refractivity contribution in [3.8, 4) is 33.7 Å². The van der Waals surface area contributed by atoms with E-state index in [1.807, 2.05) is 36.4 Å². The molecule has 4 aromatic rings. The Bertz CT molecular complexity index is 1880. The molecule has 0 aliphatic rings. The van der Waals surface area contributed by atoms with Crippen LogP contribution in [0.2, 0.25) is 0 Å². The van der Waals surface area contributed by atoms with Crippen LogP contribution >= 0.6 is 22.7 Å². The van der Waals surface area contributed by atoms with Gasteiger partial charge in [-0.3, -0.25) is 18.7 Å². The van der Waals surface area contributed by atoms with Gasteiger partial charge in [-0.2, -0.15) is 10.5 Å². The minimum Gasteiger partial charge on any atom is -0.493 e. The fourth-order valence-corrected chi connectivity index (χ4v) is 6.07. The molecule has 190 valence electrons. The Balaban J connectivity index is 1.80. The third kappa shape index (κ3) is 4.37. The third-order valence-electron chi connectivity index (χ3n) is 6.09. The van der Waals surface area contributed by atoms with Crippen LogP contribution in [0.15, 0.2) is 33.9 Å². The monoisotopic (exact) mass is 542 g/mol. The maximum Gasteiger partial charge on any atom is 0.261 e. The topological polar surface area (TPSA) is 132 Å². The van der Waals surface area contributed by atoms with Crippen molar-refractivity contribution in [3.05, 3.63) is 86.7 Å². The molecule has 2 N–H and O–H groups in total. The summed E-state index contributed by atoms with van der Waals surface area (Å²) < 4.78 is 2.28. The summed E-state index contributed by atoms with van der Waals surface area (Å²) in [5, 5.41) is 40.2. The van der Waals surface area contributed by atoms with Gasteiger partial charge in [0.1, 0.15) is 23.3 Å². The molecule has 0 bridgehead atoms. The fraction of sp³-hybridized carbons (Fsp3) is 0.143. The minimum atomic E-state index is -0.427. The van der Waals surface area contributed by atoms with Crippen molar-refractivity contribution in [1.82, 2.24) is 9.13 Å². The van der Waals surface area contributed by atoms with Crippen LogP contribution in [0.5, 0.6) is 11.8 Å². The molecule has 4 rings (SSSR count). The third-order valence-corrected chi connectivity index (χ3v) is 8.35. The maximum absolute atomic E-state index is 12.9. The van der Waals surface area contributed by atoms with Crippen LogP contribution < -0.4 is 32.0 Å². The minimum absolute atomic E-state index is 0.0337. The predicted octanol–water partition coefficient (Wildman–Crippen LogP) is 1.47. The van der Waals surface area contributed by atoms with Gasteiger partial charge >= 0.3 is 0 Å². The number of rotatable bonds is 5. The van der Waals surface area contributed by atoms with Gasteiger partial charge in [-0.25, -0.2) is 0 Å². The number of hydrogen-bond acceptors (Lipinski definition) is 8. The molecular weight excluding hydrogens is 520 g/mol. The van der Waals surface area contributed by atoms with Gasteiger partial charge in [0.2, 0.25) is 11.8 Å². The van der Waals surface area contributed by atoms with Gasteiger partial charge in [0.25, 0.3) is 11.1 Å². The standard InChI is InChI=1S/C28H22N4O4S2/c1-5-31-25(33)19(15(3)21(13-29)27(31)35)11-17-7-9-23(37-17)24-10-8-18(38-24)12-20-16(4)22(14-30)28(36)32(6-2)26(20)34/h7-12,35-36H,3-6H2,1-2H3/b19-11+,20-12+. The molecule has 0 aromatic carbocycles. The van der Waals surface area contributed by atoms with Crippen molar-refractivity contribution in [2.75, 3.05) is 0 Å². The van der Waals surface area contributed by atoms with Gasteiger partial charge in [-0.15, -0.1) is 22.7 Å². The Hall–Kier alpha value is -4.64. The molecule has 0 fully saturated rings. The predicted molar refractivity (Wildman–Crippen MR) is 150 cm³/mol. The fourth-order valence-electron chi connectivity index (χ4n) is 4.08. The molecule has 0 aliphatic heterocycles. The summed E-state index contributed by atoms with van der Waals surface area (Å²) in [5.74, 6) is -0.772. The van der Waals surface area contributed by atoms with Crippen molar-refractivity contribution in [2.45, 2.75) is 26.9 Å². The number of nitrogens with zero attached hydrogens (tertiary/aromatic N) is 4. The summed E-state index contributed by atoms with van der Waals surface area (Å²) >= 11 is 2.87. The molecule has 4 heterocycles. The summed E-state index contributed by atoms with van der Waals surface area (Å²) in [6, 6.07) is 11.4. The van der Waals surface area contributed by atoms with E-state index >= 15 is 0 Å². The molecule has 0 saturated carbocycles. The van der Waals surface area contributed by atoms with Gasteiger partial charge < -0.3 is 10.2 Å². The first-order valence-corrected chi connectivity index (χ1v) is 13.1. The van der Waals surface area contributed by atoms with Crippen LogP contribution in [-0.4, -0.2) is 19.3 Å². The first-order valence-electron chi connectivity index (χ1n) is 11.5. The summed E-state index contributed by atoms with van der Waals surface area (Å²) in [4.78, 5) is 29.2. The second-order valence-electron chi connectivity index (χ2n) is 8.20. The zero-order valence-corrected chi connectivity index (χ0v) is 22.2. The number of aromatic hydroxyl groups is 2. The summed E-state index contributed by atoms with van der Waals surface area (Å²) in [5.41, 5.74) is -0.920. The van der Waals surface area contributed by atoms with E-state index in [0.29, 0.717) is 0 Å². The average molecular weight is 543 g/mol. The van der Waals surface area contributed by atoms with Crippen molar-refractivity contribution in [2.24, 2.45) is 0 Å². The highest BCUT2D eigenvalue weighted by Crippen LogP contribution is 2.34. The molecule has 0 saturated heterocycles. The van der Waals surface area contributed by atoms with Crippen LogP contribution in [0, 0.1) is 22.7 Å². The van der Waals surface area contributed by atoms with E-state index < -0.39 is 11.1 Å². The number of pyridine rings is 2. The van der Waals surface area contributed by atoms with Crippen LogP contribution in [0.4, 0.5) is 0 Å². The molecule has 0 amide bonds. The van der Waals surface area contributed by atoms with E-state index in [0.717, 1.165) is 28.6 Å². The molecule has 10 heteroatoms. The first kappa shape index (κ1) is 26.4. The number of nitriles is 2. The lowest BCUT2D eigenvalue weighted by Gasteiger charge is -2.07. The average Bonchev–Trinajstić information content (AvgIpc) is 3.55. The second-order valence-corrected chi connectivity index (χ2v) is 10.4. The lowest BCUT2D eigenvalue weighted by atomic mass is 10.2. The molecule has 0 atom stereocenters. The number of aromatic nitrogens is 2. The van der Waals surface area contributed by atoms with E-state index in [4.69, 9.17) is 0 Å². The zero-order chi connectivity index (χ0) is 27.7. The van der Waals surface area contributed by atoms with Crippen molar-refractivity contribution < 1.29 is 10.2 Å². The van der Waals surface area contributed by atoms with Crippen molar-refractivity contribution >= 4 is 48.0 Å². The van der Waals surface area contributed by atoms with E-state index in [9.17, 15) is 30.3 Å². The van der Waals surface area contributed by atoms with Gasteiger partial charge in [0.15, 0.2) is 0 Å². The Morgan fingerprint density at radius 3 is 1.47 bits per heavy atom. The maximum atomic E-state index is 12.9. The highest BCUT2D eigenvalue weighted by Gasteiger charge is 2.14. The van der Waals surface area contributed by atoms with E-state index in [1.54, 1.807) is 26.0 Å². The lowest BCUT2D eigenvalue weighted by molar-refractivity contribution is 0.407. The summed E-state index contributed by atoms with van der Waals surface area (Å²) in [6.07, 6.45) is 3.32. The van der Waals surface area contributed by atoms with E-state index in [-0.39, 0.29) is 56.9 Å². The SMILES string of the molecule is C=c1c(C#N)c(O)n(CC)c(=O)/c1=C/c1ccc(-c2ccc(/C=c3\c(=C)c(C#N)c(O)n(CC)c3=O)s2)s1. The molecule has 4 aromatic heterocycles. The van der Waals surface area contributed by atoms with E-state index in [1.165, 1.54) is 22.7 Å². The van der Waals surface area contributed by atoms with Gasteiger partial charge in [-0.1, -0.05) is 13.2 Å². The van der Waals surface area contributed by atoms with Crippen LogP contribution in [0.1, 0.15) is 34.7 Å². The number of hydrogen-bond donors (Lipinski definition) is 2. The summed E-state index contributed by atoms with van der Waals surface area (Å²) in [7, 11) is 0. The first-order chi connectivity index (χ1) is 18.2. The van der Waals surface area contributed by atoms with Crippen molar-refractivity contribution in [3.63, 3.8) is 0 Å². The van der Waals surface area contributed by atoms with Crippen LogP contribution in [0.25, 0.3) is 35.1 Å². The van der Waals surface area contributed by atoms with Gasteiger partial charge in [-0.05, 0) is 50.3 Å². The highest BCUT2D eigenvalue weighted by atomic mass is 32.1. The van der Waals surface area contributed by atoms with Crippen LogP contribution in [-0.2, 0) is 13.1 Å². The Labute approximate surface area is 224 Å². The Morgan fingerprint density at radius 1 is 0.789 bits per heavy atom. The quantitative estimate of drug-likeness (QED) is 0.393. The molecule has 0 spiro atoms. The van der Waals surface area contributed by atoms with E-state index in [2.05, 4.69) is 13.2 Å². The van der Waals surface area contributed by atoms with Gasteiger partial charge in [0.05, 0.1) is 0 Å². The van der Waals surface area contributed by atoms with Crippen LogP contribution in [0.3, 0.4) is 0 Å². The summed E-state index contributed by atoms with van der Waals surface area (Å²) in [6.45, 7) is 11.5. The van der Waals surface area contributed by atoms with Gasteiger partial charge in [0, 0.05) is 53.5 Å². The lowest BCUT2D eigenvalue weighted by Crippen LogP contribution is -2.45. The largest absolute Gasteiger partial charge is 0.493 e. The molecule has 8 nitrogen and oxygen atoms in total. The van der Waals surface area contributed by atoms with Crippen molar-refractivity contribution in [1.29, 1.82) is 10.5 Å². The molecule has 0 aliphatic carbocycles. The highest BCUT2D eigenvalue weighted by molar-refractivity contribution is 7.22. The normalized spacial score (nSPS) is 12.0. The zero-order valence-electron chi connectivity index (χ0n) is 20.6.